The summed E-state index contributed by atoms with van der Waals surface area (Å²) in [5.41, 5.74) is -2.65. The molecule has 1 aliphatic rings. The summed E-state index contributed by atoms with van der Waals surface area (Å²) < 4.78 is 53.0. The van der Waals surface area contributed by atoms with Crippen LogP contribution in [-0.2, 0) is 15.7 Å². The summed E-state index contributed by atoms with van der Waals surface area (Å²) in [6, 6.07) is 5.45. The first-order valence-corrected chi connectivity index (χ1v) is 10.1. The number of anilines is 1. The number of halogens is 4. The fourth-order valence-electron chi connectivity index (χ4n) is 3.87. The minimum absolute atomic E-state index is 0.0790. The minimum atomic E-state index is -4.97. The molecule has 6 nitrogen and oxygen atoms in total. The SMILES string of the molecule is COC(=O)c1c(C(=O)OC)c(C(F)(F)F)n(-c2ccc(Cl)cc2)c1NC1CCCCC1. The van der Waals surface area contributed by atoms with E-state index in [1.54, 1.807) is 0 Å². The van der Waals surface area contributed by atoms with Crippen LogP contribution in [-0.4, -0.2) is 36.8 Å². The van der Waals surface area contributed by atoms with E-state index in [1.165, 1.54) is 24.3 Å². The molecule has 1 saturated carbocycles. The summed E-state index contributed by atoms with van der Waals surface area (Å²) in [4.78, 5) is 25.1. The van der Waals surface area contributed by atoms with Gasteiger partial charge in [-0.25, -0.2) is 9.59 Å². The molecule has 0 bridgehead atoms. The van der Waals surface area contributed by atoms with Crippen LogP contribution >= 0.6 is 11.6 Å². The van der Waals surface area contributed by atoms with E-state index in [0.717, 1.165) is 50.9 Å². The molecule has 0 amide bonds. The highest BCUT2D eigenvalue weighted by Crippen LogP contribution is 2.42. The van der Waals surface area contributed by atoms with Crippen LogP contribution in [0.4, 0.5) is 19.0 Å². The molecule has 10 heteroatoms. The average molecular weight is 459 g/mol. The summed E-state index contributed by atoms with van der Waals surface area (Å²) in [5.74, 6) is -2.52. The molecule has 1 fully saturated rings. The van der Waals surface area contributed by atoms with Crippen molar-refractivity contribution in [2.24, 2.45) is 0 Å². The van der Waals surface area contributed by atoms with Crippen molar-refractivity contribution in [3.63, 3.8) is 0 Å². The van der Waals surface area contributed by atoms with Crippen molar-refractivity contribution in [1.29, 1.82) is 0 Å². The number of ether oxygens (including phenoxy) is 2. The maximum absolute atomic E-state index is 14.3. The van der Waals surface area contributed by atoms with Crippen LogP contribution in [0.25, 0.3) is 5.69 Å². The normalized spacial score (nSPS) is 14.9. The number of aromatic nitrogens is 1. The molecule has 1 aromatic heterocycles. The molecule has 0 saturated heterocycles. The smallest absolute Gasteiger partial charge is 0.432 e. The Kier molecular flexibility index (Phi) is 6.83. The van der Waals surface area contributed by atoms with Gasteiger partial charge in [0.2, 0.25) is 0 Å². The van der Waals surface area contributed by atoms with Crippen molar-refractivity contribution in [3.05, 3.63) is 46.1 Å². The summed E-state index contributed by atoms with van der Waals surface area (Å²) in [7, 11) is 2.00. The monoisotopic (exact) mass is 458 g/mol. The van der Waals surface area contributed by atoms with Gasteiger partial charge in [-0.3, -0.25) is 4.57 Å². The standard InChI is InChI=1S/C21H22ClF3N2O4/c1-30-19(28)15-16(20(29)31-2)18(26-13-6-4-3-5-7-13)27(17(15)21(23,24)25)14-10-8-12(22)9-11-14/h8-11,13,26H,3-7H2,1-2H3. The molecule has 0 atom stereocenters. The molecule has 31 heavy (non-hydrogen) atoms. The van der Waals surface area contributed by atoms with Gasteiger partial charge in [-0.05, 0) is 37.1 Å². The fourth-order valence-corrected chi connectivity index (χ4v) is 3.99. The van der Waals surface area contributed by atoms with Gasteiger partial charge in [0.05, 0.1) is 14.2 Å². The van der Waals surface area contributed by atoms with Crippen LogP contribution in [0, 0.1) is 0 Å². The third-order valence-electron chi connectivity index (χ3n) is 5.25. The maximum atomic E-state index is 14.3. The lowest BCUT2D eigenvalue weighted by atomic mass is 9.95. The molecule has 1 aromatic carbocycles. The van der Waals surface area contributed by atoms with E-state index in [9.17, 15) is 22.8 Å². The quantitative estimate of drug-likeness (QED) is 0.602. The van der Waals surface area contributed by atoms with Gasteiger partial charge in [-0.1, -0.05) is 30.9 Å². The molecule has 0 radical (unpaired) electrons. The van der Waals surface area contributed by atoms with Gasteiger partial charge >= 0.3 is 18.1 Å². The van der Waals surface area contributed by atoms with E-state index in [1.807, 2.05) is 0 Å². The number of carbonyl (C=O) groups is 2. The number of nitrogens with zero attached hydrogens (tertiary/aromatic N) is 1. The number of methoxy groups -OCH3 is 2. The molecular weight excluding hydrogens is 437 g/mol. The zero-order chi connectivity index (χ0) is 22.8. The summed E-state index contributed by atoms with van der Waals surface area (Å²) in [6.07, 6.45) is -0.686. The largest absolute Gasteiger partial charge is 0.465 e. The first-order valence-electron chi connectivity index (χ1n) is 9.74. The third-order valence-corrected chi connectivity index (χ3v) is 5.50. The van der Waals surface area contributed by atoms with E-state index < -0.39 is 34.9 Å². The molecule has 1 heterocycles. The van der Waals surface area contributed by atoms with Crippen LogP contribution in [0.3, 0.4) is 0 Å². The van der Waals surface area contributed by atoms with E-state index in [2.05, 4.69) is 10.1 Å². The van der Waals surface area contributed by atoms with Crippen LogP contribution in [0.15, 0.2) is 24.3 Å². The van der Waals surface area contributed by atoms with Crippen molar-refractivity contribution in [2.75, 3.05) is 19.5 Å². The number of hydrogen-bond acceptors (Lipinski definition) is 5. The van der Waals surface area contributed by atoms with Crippen LogP contribution < -0.4 is 5.32 Å². The van der Waals surface area contributed by atoms with Crippen LogP contribution in [0.5, 0.6) is 0 Å². The van der Waals surface area contributed by atoms with Crippen molar-refractivity contribution < 1.29 is 32.2 Å². The second kappa shape index (κ2) is 9.21. The first-order chi connectivity index (χ1) is 14.7. The lowest BCUT2D eigenvalue weighted by Crippen LogP contribution is -2.25. The van der Waals surface area contributed by atoms with Crippen molar-refractivity contribution in [3.8, 4) is 5.69 Å². The van der Waals surface area contributed by atoms with E-state index in [0.29, 0.717) is 5.02 Å². The van der Waals surface area contributed by atoms with Gasteiger partial charge in [0.25, 0.3) is 0 Å². The van der Waals surface area contributed by atoms with Crippen molar-refractivity contribution >= 4 is 29.4 Å². The zero-order valence-electron chi connectivity index (χ0n) is 17.0. The summed E-state index contributed by atoms with van der Waals surface area (Å²) >= 11 is 5.91. The Hall–Kier alpha value is -2.68. The van der Waals surface area contributed by atoms with Gasteiger partial charge in [0, 0.05) is 16.8 Å². The number of alkyl halides is 3. The topological polar surface area (TPSA) is 69.6 Å². The van der Waals surface area contributed by atoms with E-state index in [-0.39, 0.29) is 17.5 Å². The van der Waals surface area contributed by atoms with Crippen LogP contribution in [0.2, 0.25) is 5.02 Å². The highest BCUT2D eigenvalue weighted by atomic mass is 35.5. The van der Waals surface area contributed by atoms with Gasteiger partial charge in [0.15, 0.2) is 0 Å². The summed E-state index contributed by atoms with van der Waals surface area (Å²) in [6.45, 7) is 0. The Morgan fingerprint density at radius 1 is 1.00 bits per heavy atom. The lowest BCUT2D eigenvalue weighted by Gasteiger charge is -2.26. The molecule has 0 unspecified atom stereocenters. The molecule has 3 rings (SSSR count). The zero-order valence-corrected chi connectivity index (χ0v) is 17.8. The molecular formula is C21H22ClF3N2O4. The number of rotatable bonds is 5. The second-order valence-corrected chi connectivity index (χ2v) is 7.66. The fraction of sp³-hybridized carbons (Fsp3) is 0.429. The Balaban J connectivity index is 2.37. The Morgan fingerprint density at radius 3 is 2.06 bits per heavy atom. The number of hydrogen-bond donors (Lipinski definition) is 1. The number of carbonyl (C=O) groups excluding carboxylic acids is 2. The van der Waals surface area contributed by atoms with Gasteiger partial charge in [-0.2, -0.15) is 13.2 Å². The molecule has 1 aliphatic carbocycles. The van der Waals surface area contributed by atoms with E-state index >= 15 is 0 Å². The maximum Gasteiger partial charge on any atom is 0.432 e. The number of esters is 2. The molecule has 0 aliphatic heterocycles. The first kappa shape index (κ1) is 23.0. The van der Waals surface area contributed by atoms with Gasteiger partial charge in [0.1, 0.15) is 22.6 Å². The third kappa shape index (κ3) is 4.66. The van der Waals surface area contributed by atoms with E-state index in [4.69, 9.17) is 16.3 Å². The average Bonchev–Trinajstić information content (AvgIpc) is 3.09. The molecule has 1 N–H and O–H groups in total. The molecule has 0 spiro atoms. The lowest BCUT2D eigenvalue weighted by molar-refractivity contribution is -0.142. The highest BCUT2D eigenvalue weighted by Gasteiger charge is 2.46. The minimum Gasteiger partial charge on any atom is -0.465 e. The van der Waals surface area contributed by atoms with Crippen molar-refractivity contribution in [2.45, 2.75) is 44.3 Å². The predicted molar refractivity (Wildman–Crippen MR) is 109 cm³/mol. The number of benzene rings is 1. The van der Waals surface area contributed by atoms with Crippen molar-refractivity contribution in [1.82, 2.24) is 4.57 Å². The summed E-state index contributed by atoms with van der Waals surface area (Å²) in [5, 5.41) is 3.41. The van der Waals surface area contributed by atoms with Gasteiger partial charge in [-0.15, -0.1) is 0 Å². The van der Waals surface area contributed by atoms with Crippen LogP contribution in [0.1, 0.15) is 58.5 Å². The predicted octanol–water partition coefficient (Wildman–Crippen LogP) is 5.47. The Labute approximate surface area is 182 Å². The Bertz CT molecular complexity index is 964. The second-order valence-electron chi connectivity index (χ2n) is 7.22. The van der Waals surface area contributed by atoms with Gasteiger partial charge < -0.3 is 14.8 Å². The molecule has 168 valence electrons. The Morgan fingerprint density at radius 2 is 1.55 bits per heavy atom. The molecule has 2 aromatic rings. The number of nitrogens with one attached hydrogen (secondary N) is 1. The highest BCUT2D eigenvalue weighted by molar-refractivity contribution is 6.30.